The summed E-state index contributed by atoms with van der Waals surface area (Å²) in [6.07, 6.45) is 2.41. The quantitative estimate of drug-likeness (QED) is 0.637. The summed E-state index contributed by atoms with van der Waals surface area (Å²) in [5.74, 6) is -0.304. The molecule has 1 heterocycles. The third kappa shape index (κ3) is 4.21. The van der Waals surface area contributed by atoms with Gasteiger partial charge in [0.1, 0.15) is 21.5 Å². The molecule has 0 aromatic carbocycles. The van der Waals surface area contributed by atoms with E-state index in [0.29, 0.717) is 28.6 Å². The lowest BCUT2D eigenvalue weighted by Crippen LogP contribution is -2.23. The number of anilines is 2. The normalized spacial score (nSPS) is 11.5. The minimum absolute atomic E-state index is 0.0595. The first kappa shape index (κ1) is 17.0. The van der Waals surface area contributed by atoms with Crippen LogP contribution in [0.5, 0.6) is 0 Å². The second kappa shape index (κ2) is 8.29. The number of methoxy groups -OCH3 is 1. The van der Waals surface area contributed by atoms with Crippen LogP contribution >= 0.6 is 11.3 Å². The Morgan fingerprint density at radius 3 is 2.90 bits per heavy atom. The van der Waals surface area contributed by atoms with Crippen LogP contribution in [0.2, 0.25) is 0 Å². The molecule has 1 aromatic heterocycles. The fourth-order valence-corrected chi connectivity index (χ4v) is 2.78. The number of ether oxygens (including phenoxy) is 1. The highest BCUT2D eigenvalue weighted by Crippen LogP contribution is 2.35. The van der Waals surface area contributed by atoms with Crippen LogP contribution in [0.15, 0.2) is 12.7 Å². The number of nitrogens with one attached hydrogen (secondary N) is 2. The average molecular weight is 308 g/mol. The lowest BCUT2D eigenvalue weighted by atomic mass is 10.2. The van der Waals surface area contributed by atoms with Gasteiger partial charge in [0.15, 0.2) is 0 Å². The van der Waals surface area contributed by atoms with Crippen molar-refractivity contribution in [3.8, 4) is 6.07 Å². The number of hydrogen-bond acceptors (Lipinski definition) is 6. The molecular formula is C14H20N4O2S. The van der Waals surface area contributed by atoms with E-state index in [0.717, 1.165) is 6.42 Å². The Morgan fingerprint density at radius 2 is 2.38 bits per heavy atom. The molecule has 1 rings (SSSR count). The summed E-state index contributed by atoms with van der Waals surface area (Å²) in [7, 11) is 1.62. The number of amides is 1. The third-order valence-electron chi connectivity index (χ3n) is 2.87. The van der Waals surface area contributed by atoms with Gasteiger partial charge in [-0.3, -0.25) is 4.79 Å². The van der Waals surface area contributed by atoms with Gasteiger partial charge < -0.3 is 21.1 Å². The average Bonchev–Trinajstić information content (AvgIpc) is 2.80. The van der Waals surface area contributed by atoms with Gasteiger partial charge in [-0.1, -0.05) is 13.0 Å². The maximum Gasteiger partial charge on any atom is 0.263 e. The summed E-state index contributed by atoms with van der Waals surface area (Å²) >= 11 is 1.18. The molecule has 4 N–H and O–H groups in total. The Morgan fingerprint density at radius 1 is 1.67 bits per heavy atom. The molecule has 21 heavy (non-hydrogen) atoms. The van der Waals surface area contributed by atoms with Gasteiger partial charge in [-0.25, -0.2) is 0 Å². The zero-order valence-electron chi connectivity index (χ0n) is 12.2. The van der Waals surface area contributed by atoms with Crippen molar-refractivity contribution in [2.45, 2.75) is 19.4 Å². The predicted molar refractivity (Wildman–Crippen MR) is 85.6 cm³/mol. The van der Waals surface area contributed by atoms with Crippen LogP contribution < -0.4 is 16.4 Å². The number of nitrogens with zero attached hydrogens (tertiary/aromatic N) is 1. The molecule has 0 saturated carbocycles. The number of carbonyl (C=O) groups is 1. The van der Waals surface area contributed by atoms with Crippen LogP contribution in [0, 0.1) is 11.3 Å². The van der Waals surface area contributed by atoms with Gasteiger partial charge in [0.25, 0.3) is 5.91 Å². The van der Waals surface area contributed by atoms with Crippen molar-refractivity contribution in [1.82, 2.24) is 5.32 Å². The van der Waals surface area contributed by atoms with Gasteiger partial charge in [0.2, 0.25) is 0 Å². The Kier molecular flexibility index (Phi) is 6.72. The Balaban J connectivity index is 3.02. The molecule has 1 amide bonds. The van der Waals surface area contributed by atoms with Crippen LogP contribution in [-0.2, 0) is 4.74 Å². The first-order valence-electron chi connectivity index (χ1n) is 6.55. The summed E-state index contributed by atoms with van der Waals surface area (Å²) in [6.45, 7) is 6.41. The maximum absolute atomic E-state index is 12.0. The molecule has 114 valence electrons. The topological polar surface area (TPSA) is 100 Å². The zero-order chi connectivity index (χ0) is 15.8. The molecule has 0 aliphatic heterocycles. The Bertz CT molecular complexity index is 548. The molecule has 0 fully saturated rings. The van der Waals surface area contributed by atoms with E-state index < -0.39 is 0 Å². The highest BCUT2D eigenvalue weighted by atomic mass is 32.1. The van der Waals surface area contributed by atoms with Gasteiger partial charge >= 0.3 is 0 Å². The number of hydrogen-bond donors (Lipinski definition) is 3. The maximum atomic E-state index is 12.0. The van der Waals surface area contributed by atoms with E-state index in [9.17, 15) is 10.1 Å². The van der Waals surface area contributed by atoms with Gasteiger partial charge in [-0.15, -0.1) is 17.9 Å². The van der Waals surface area contributed by atoms with Crippen LogP contribution in [-0.4, -0.2) is 32.2 Å². The van der Waals surface area contributed by atoms with Crippen molar-refractivity contribution in [3.05, 3.63) is 23.1 Å². The minimum atomic E-state index is -0.304. The fourth-order valence-electron chi connectivity index (χ4n) is 1.72. The monoisotopic (exact) mass is 308 g/mol. The van der Waals surface area contributed by atoms with Gasteiger partial charge in [0.05, 0.1) is 12.3 Å². The highest BCUT2D eigenvalue weighted by Gasteiger charge is 2.22. The summed E-state index contributed by atoms with van der Waals surface area (Å²) in [6, 6.07) is 2.11. The fraction of sp³-hybridized carbons (Fsp3) is 0.429. The zero-order valence-corrected chi connectivity index (χ0v) is 13.0. The van der Waals surface area contributed by atoms with Crippen LogP contribution in [0.1, 0.15) is 28.6 Å². The number of rotatable bonds is 8. The number of thiophene rings is 1. The molecule has 1 aromatic rings. The van der Waals surface area contributed by atoms with E-state index in [1.165, 1.54) is 11.3 Å². The van der Waals surface area contributed by atoms with Crippen molar-refractivity contribution < 1.29 is 9.53 Å². The van der Waals surface area contributed by atoms with Crippen molar-refractivity contribution in [3.63, 3.8) is 0 Å². The summed E-state index contributed by atoms with van der Waals surface area (Å²) in [5, 5.41) is 15.7. The molecule has 0 saturated heterocycles. The summed E-state index contributed by atoms with van der Waals surface area (Å²) < 4.78 is 5.12. The SMILES string of the molecule is C=CCNC(=O)c1sc(NC(CC)COC)c(C#N)c1N. The lowest BCUT2D eigenvalue weighted by Gasteiger charge is -2.15. The first-order valence-corrected chi connectivity index (χ1v) is 7.37. The van der Waals surface area contributed by atoms with Crippen LogP contribution in [0.25, 0.3) is 0 Å². The van der Waals surface area contributed by atoms with E-state index in [1.54, 1.807) is 13.2 Å². The van der Waals surface area contributed by atoms with E-state index in [4.69, 9.17) is 10.5 Å². The van der Waals surface area contributed by atoms with Crippen molar-refractivity contribution in [2.24, 2.45) is 0 Å². The molecule has 7 heteroatoms. The lowest BCUT2D eigenvalue weighted by molar-refractivity contribution is 0.0963. The molecule has 0 radical (unpaired) electrons. The molecule has 0 aliphatic carbocycles. The van der Waals surface area contributed by atoms with Crippen LogP contribution in [0.3, 0.4) is 0 Å². The molecule has 0 aliphatic rings. The first-order chi connectivity index (χ1) is 10.1. The van der Waals surface area contributed by atoms with Crippen molar-refractivity contribution in [2.75, 3.05) is 31.3 Å². The smallest absolute Gasteiger partial charge is 0.263 e. The molecule has 0 spiro atoms. The Labute approximate surface area is 128 Å². The highest BCUT2D eigenvalue weighted by molar-refractivity contribution is 7.19. The van der Waals surface area contributed by atoms with E-state index in [-0.39, 0.29) is 17.6 Å². The van der Waals surface area contributed by atoms with Crippen LogP contribution in [0.4, 0.5) is 10.7 Å². The van der Waals surface area contributed by atoms with E-state index in [2.05, 4.69) is 17.2 Å². The minimum Gasteiger partial charge on any atom is -0.396 e. The number of nitriles is 1. The second-order valence-corrected chi connectivity index (χ2v) is 5.38. The molecule has 1 atom stereocenters. The predicted octanol–water partition coefficient (Wildman–Crippen LogP) is 1.95. The second-order valence-electron chi connectivity index (χ2n) is 4.36. The number of nitrogens with two attached hydrogens (primary N) is 1. The summed E-state index contributed by atoms with van der Waals surface area (Å²) in [4.78, 5) is 12.3. The molecule has 0 bridgehead atoms. The Hall–Kier alpha value is -2.04. The number of carbonyl (C=O) groups excluding carboxylic acids is 1. The van der Waals surface area contributed by atoms with Crippen molar-refractivity contribution in [1.29, 1.82) is 5.26 Å². The van der Waals surface area contributed by atoms with Crippen molar-refractivity contribution >= 4 is 27.9 Å². The third-order valence-corrected chi connectivity index (χ3v) is 4.00. The van der Waals surface area contributed by atoms with Gasteiger partial charge in [-0.2, -0.15) is 5.26 Å². The molecule has 6 nitrogen and oxygen atoms in total. The number of nitrogen functional groups attached to an aromatic ring is 1. The largest absolute Gasteiger partial charge is 0.396 e. The van der Waals surface area contributed by atoms with E-state index >= 15 is 0 Å². The summed E-state index contributed by atoms with van der Waals surface area (Å²) in [5.41, 5.74) is 6.42. The standard InChI is InChI=1S/C14H20N4O2S/c1-4-6-17-13(19)12-11(16)10(7-15)14(21-12)18-9(5-2)8-20-3/h4,9,18H,1,5-6,8,16H2,2-3H3,(H,17,19). The van der Waals surface area contributed by atoms with E-state index in [1.807, 2.05) is 13.0 Å². The molecule has 1 unspecified atom stereocenters. The van der Waals surface area contributed by atoms with Gasteiger partial charge in [-0.05, 0) is 6.42 Å². The molecular weight excluding hydrogens is 288 g/mol. The van der Waals surface area contributed by atoms with Gasteiger partial charge in [0, 0.05) is 19.7 Å².